The molecule has 11 heteroatoms. The van der Waals surface area contributed by atoms with E-state index in [4.69, 9.17) is 6.42 Å². The van der Waals surface area contributed by atoms with Gasteiger partial charge < -0.3 is 20.0 Å². The van der Waals surface area contributed by atoms with Crippen molar-refractivity contribution in [3.63, 3.8) is 0 Å². The molecule has 0 bridgehead atoms. The topological polar surface area (TPSA) is 95.7 Å². The molecule has 5 rings (SSSR count). The van der Waals surface area contributed by atoms with Crippen molar-refractivity contribution in [1.29, 1.82) is 0 Å². The Kier molecular flexibility index (Phi) is 11.5. The standard InChI is InChI=1S/C38H50FN7O3/c1-7-38(3,26-44-19-9-18-43(6)20-21-44)17-16-27(2)28-10-8-11-32(22-28)45-35-33(23-29(39)24-40-35)36(48)46(37(45)49)31-14-12-30(13-15-31)41-34(47)25-42(4)5/h1,8,10-11,16,22-24,30-31H,9,12-15,17-21,25-26H2,2-6H3,(H,41,47)/b27-16+. The molecular weight excluding hydrogens is 621 g/mol. The molecule has 262 valence electrons. The monoisotopic (exact) mass is 671 g/mol. The van der Waals surface area contributed by atoms with Crippen LogP contribution in [0.1, 0.15) is 64.0 Å². The van der Waals surface area contributed by atoms with Crippen LogP contribution in [0.15, 0.2) is 52.2 Å². The number of halogens is 1. The van der Waals surface area contributed by atoms with Crippen LogP contribution in [0.2, 0.25) is 0 Å². The van der Waals surface area contributed by atoms with Crippen LogP contribution in [-0.2, 0) is 4.79 Å². The second-order valence-electron chi connectivity index (χ2n) is 14.4. The number of hydrogen-bond donors (Lipinski definition) is 1. The maximum absolute atomic E-state index is 14.5. The molecule has 1 saturated heterocycles. The number of rotatable bonds is 10. The molecule has 10 nitrogen and oxygen atoms in total. The minimum atomic E-state index is -0.648. The van der Waals surface area contributed by atoms with Gasteiger partial charge in [-0.1, -0.05) is 24.1 Å². The van der Waals surface area contributed by atoms with Crippen LogP contribution in [0.4, 0.5) is 4.39 Å². The van der Waals surface area contributed by atoms with Gasteiger partial charge in [0.1, 0.15) is 5.82 Å². The summed E-state index contributed by atoms with van der Waals surface area (Å²) in [5, 5.41) is 3.10. The zero-order chi connectivity index (χ0) is 35.3. The summed E-state index contributed by atoms with van der Waals surface area (Å²) in [5.74, 6) is 2.35. The largest absolute Gasteiger partial charge is 0.352 e. The van der Waals surface area contributed by atoms with Gasteiger partial charge in [0, 0.05) is 37.1 Å². The number of aromatic nitrogens is 3. The summed E-state index contributed by atoms with van der Waals surface area (Å²) in [6.45, 7) is 9.42. The van der Waals surface area contributed by atoms with Gasteiger partial charge in [-0.25, -0.2) is 18.7 Å². The summed E-state index contributed by atoms with van der Waals surface area (Å²) in [4.78, 5) is 51.2. The highest BCUT2D eigenvalue weighted by atomic mass is 19.1. The number of allylic oxidation sites excluding steroid dienone is 2. The molecule has 1 saturated carbocycles. The molecule has 1 unspecified atom stereocenters. The summed E-state index contributed by atoms with van der Waals surface area (Å²) < 4.78 is 17.2. The van der Waals surface area contributed by atoms with E-state index in [0.29, 0.717) is 44.3 Å². The maximum Gasteiger partial charge on any atom is 0.337 e. The molecule has 1 aliphatic heterocycles. The lowest BCUT2D eigenvalue weighted by Crippen LogP contribution is -2.46. The van der Waals surface area contributed by atoms with E-state index in [-0.39, 0.29) is 28.4 Å². The van der Waals surface area contributed by atoms with E-state index < -0.39 is 23.1 Å². The fourth-order valence-corrected chi connectivity index (χ4v) is 7.08. The first-order valence-corrected chi connectivity index (χ1v) is 17.3. The molecule has 1 amide bonds. The first kappa shape index (κ1) is 36.2. The number of likely N-dealkylation sites (N-methyl/N-ethyl adjacent to an activating group) is 2. The quantitative estimate of drug-likeness (QED) is 0.327. The van der Waals surface area contributed by atoms with Crippen LogP contribution >= 0.6 is 0 Å². The smallest absolute Gasteiger partial charge is 0.337 e. The number of fused-ring (bicyclic) bond motifs is 1. The van der Waals surface area contributed by atoms with Crippen LogP contribution in [0.25, 0.3) is 22.3 Å². The molecule has 0 spiro atoms. The van der Waals surface area contributed by atoms with Gasteiger partial charge in [0.2, 0.25) is 5.91 Å². The van der Waals surface area contributed by atoms with Gasteiger partial charge in [0.05, 0.1) is 23.8 Å². The number of carbonyl (C=O) groups excluding carboxylic acids is 1. The number of nitrogens with zero attached hydrogens (tertiary/aromatic N) is 6. The van der Waals surface area contributed by atoms with Crippen molar-refractivity contribution in [2.45, 2.75) is 64.5 Å². The van der Waals surface area contributed by atoms with E-state index in [0.717, 1.165) is 62.5 Å². The van der Waals surface area contributed by atoms with E-state index in [1.807, 2.05) is 44.1 Å². The van der Waals surface area contributed by atoms with E-state index in [2.05, 4.69) is 46.1 Å². The predicted molar refractivity (Wildman–Crippen MR) is 193 cm³/mol. The fraction of sp³-hybridized carbons (Fsp3) is 0.526. The number of pyridine rings is 1. The third-order valence-corrected chi connectivity index (χ3v) is 9.93. The Morgan fingerprint density at radius 2 is 1.90 bits per heavy atom. The SMILES string of the molecule is C#CC(C)(C/C=C(\C)c1cccc(-n2c(=O)n(C3CCC(NC(=O)CN(C)C)CC3)c(=O)c3cc(F)cnc32)c1)CN1CCCN(C)CC1. The zero-order valence-electron chi connectivity index (χ0n) is 29.5. The van der Waals surface area contributed by atoms with Crippen molar-refractivity contribution in [3.05, 3.63) is 74.8 Å². The first-order chi connectivity index (χ1) is 23.4. The van der Waals surface area contributed by atoms with E-state index >= 15 is 0 Å². The number of terminal acetylenes is 1. The van der Waals surface area contributed by atoms with Crippen LogP contribution in [-0.4, -0.2) is 101 Å². The van der Waals surface area contributed by atoms with E-state index in [1.54, 1.807) is 6.07 Å². The predicted octanol–water partition coefficient (Wildman–Crippen LogP) is 3.92. The van der Waals surface area contributed by atoms with Gasteiger partial charge in [-0.15, -0.1) is 6.42 Å². The van der Waals surface area contributed by atoms with Crippen LogP contribution in [0.3, 0.4) is 0 Å². The minimum Gasteiger partial charge on any atom is -0.352 e. The molecule has 49 heavy (non-hydrogen) atoms. The van der Waals surface area contributed by atoms with E-state index in [1.165, 1.54) is 9.13 Å². The molecular formula is C38H50FN7O3. The minimum absolute atomic E-state index is 0.0324. The van der Waals surface area contributed by atoms with Crippen molar-refractivity contribution in [2.24, 2.45) is 5.41 Å². The molecule has 2 aromatic heterocycles. The summed E-state index contributed by atoms with van der Waals surface area (Å²) in [6, 6.07) is 8.29. The van der Waals surface area contributed by atoms with Gasteiger partial charge in [-0.05, 0) is 116 Å². The van der Waals surface area contributed by atoms with Crippen LogP contribution in [0.5, 0.6) is 0 Å². The third-order valence-electron chi connectivity index (χ3n) is 9.93. The summed E-state index contributed by atoms with van der Waals surface area (Å²) in [7, 11) is 5.83. The molecule has 2 aliphatic rings. The van der Waals surface area contributed by atoms with Crippen molar-refractivity contribution in [3.8, 4) is 18.0 Å². The number of benzene rings is 1. The highest BCUT2D eigenvalue weighted by Gasteiger charge is 2.29. The lowest BCUT2D eigenvalue weighted by atomic mass is 9.85. The van der Waals surface area contributed by atoms with Crippen molar-refractivity contribution in [2.75, 3.05) is 60.4 Å². The molecule has 1 N–H and O–H groups in total. The molecule has 1 aliphatic carbocycles. The molecule has 3 aromatic rings. The Balaban J connectivity index is 1.43. The average molecular weight is 672 g/mol. The second-order valence-corrected chi connectivity index (χ2v) is 14.4. The Morgan fingerprint density at radius 1 is 1.14 bits per heavy atom. The number of nitrogens with one attached hydrogen (secondary N) is 1. The molecule has 1 atom stereocenters. The number of hydrogen-bond acceptors (Lipinski definition) is 7. The Morgan fingerprint density at radius 3 is 2.61 bits per heavy atom. The number of carbonyl (C=O) groups is 1. The van der Waals surface area contributed by atoms with Crippen LogP contribution < -0.4 is 16.6 Å². The Hall–Kier alpha value is -4.11. The summed E-state index contributed by atoms with van der Waals surface area (Å²) in [5.41, 5.74) is 1.15. The van der Waals surface area contributed by atoms with Crippen molar-refractivity contribution in [1.82, 2.24) is 34.1 Å². The molecule has 3 heterocycles. The third kappa shape index (κ3) is 8.74. The number of amides is 1. The van der Waals surface area contributed by atoms with Gasteiger partial charge >= 0.3 is 5.69 Å². The average Bonchev–Trinajstić information content (AvgIpc) is 3.27. The van der Waals surface area contributed by atoms with Crippen molar-refractivity contribution >= 4 is 22.5 Å². The lowest BCUT2D eigenvalue weighted by molar-refractivity contribution is -0.122. The Labute approximate surface area is 288 Å². The summed E-state index contributed by atoms with van der Waals surface area (Å²) in [6.07, 6.45) is 13.4. The highest BCUT2D eigenvalue weighted by molar-refractivity contribution is 5.78. The zero-order valence-corrected chi connectivity index (χ0v) is 29.5. The van der Waals surface area contributed by atoms with Crippen LogP contribution in [0, 0.1) is 23.6 Å². The fourth-order valence-electron chi connectivity index (χ4n) is 7.08. The van der Waals surface area contributed by atoms with Gasteiger partial charge in [0.25, 0.3) is 5.56 Å². The lowest BCUT2D eigenvalue weighted by Gasteiger charge is -2.30. The molecule has 2 fully saturated rings. The normalized spacial score (nSPS) is 20.9. The van der Waals surface area contributed by atoms with Crippen molar-refractivity contribution < 1.29 is 9.18 Å². The van der Waals surface area contributed by atoms with E-state index in [9.17, 15) is 18.8 Å². The van der Waals surface area contributed by atoms with Gasteiger partial charge in [0.15, 0.2) is 5.65 Å². The van der Waals surface area contributed by atoms with Gasteiger partial charge in [-0.3, -0.25) is 14.2 Å². The Bertz CT molecular complexity index is 1850. The first-order valence-electron chi connectivity index (χ1n) is 17.3. The maximum atomic E-state index is 14.5. The molecule has 0 radical (unpaired) electrons. The second kappa shape index (κ2) is 15.6. The highest BCUT2D eigenvalue weighted by Crippen LogP contribution is 2.29. The summed E-state index contributed by atoms with van der Waals surface area (Å²) >= 11 is 0. The van der Waals surface area contributed by atoms with Gasteiger partial charge in [-0.2, -0.15) is 0 Å². The molecule has 1 aromatic carbocycles.